The predicted molar refractivity (Wildman–Crippen MR) is 98.7 cm³/mol. The van der Waals surface area contributed by atoms with Gasteiger partial charge in [-0.25, -0.2) is 0 Å². The Bertz CT molecular complexity index is 742. The van der Waals surface area contributed by atoms with Crippen molar-refractivity contribution in [3.8, 4) is 11.5 Å². The minimum atomic E-state index is -1.07. The van der Waals surface area contributed by atoms with E-state index in [1.54, 1.807) is 25.3 Å². The van der Waals surface area contributed by atoms with Crippen molar-refractivity contribution in [2.45, 2.75) is 63.5 Å². The lowest BCUT2D eigenvalue weighted by atomic mass is 9.86. The van der Waals surface area contributed by atoms with Crippen molar-refractivity contribution in [3.63, 3.8) is 0 Å². The van der Waals surface area contributed by atoms with Gasteiger partial charge in [0.15, 0.2) is 11.5 Å². The average molecular weight is 374 g/mol. The Hall–Kier alpha value is -2.57. The fourth-order valence-corrected chi connectivity index (χ4v) is 3.68. The lowest BCUT2D eigenvalue weighted by Gasteiger charge is -2.35. The monoisotopic (exact) mass is 374 g/mol. The molecule has 1 aliphatic carbocycles. The van der Waals surface area contributed by atoms with Crippen LogP contribution in [0.1, 0.15) is 62.2 Å². The normalized spacial score (nSPS) is 23.0. The standard InChI is InChI=1S/C20H26N2O5/c1-3-20(11-10-17(23)21-19(20)25)22-18(24)13-8-9-15(26-2)16(12-13)27-14-6-4-5-7-14/h8-9,12,14H,3-7,10-11H2,1-2H3,(H,22,24)(H,21,23,25)/t20-/m0/s1. The number of rotatable bonds is 6. The minimum absolute atomic E-state index is 0.134. The van der Waals surface area contributed by atoms with Crippen molar-refractivity contribution in [3.05, 3.63) is 23.8 Å². The van der Waals surface area contributed by atoms with E-state index in [0.29, 0.717) is 29.9 Å². The molecule has 1 saturated carbocycles. The van der Waals surface area contributed by atoms with E-state index in [9.17, 15) is 14.4 Å². The third kappa shape index (κ3) is 4.07. The number of ether oxygens (including phenoxy) is 2. The van der Waals surface area contributed by atoms with Gasteiger partial charge < -0.3 is 14.8 Å². The second-order valence-electron chi connectivity index (χ2n) is 7.16. The summed E-state index contributed by atoms with van der Waals surface area (Å²) < 4.78 is 11.4. The first-order chi connectivity index (χ1) is 13.0. The van der Waals surface area contributed by atoms with Gasteiger partial charge in [-0.05, 0) is 56.7 Å². The van der Waals surface area contributed by atoms with Crippen LogP contribution in [0.3, 0.4) is 0 Å². The summed E-state index contributed by atoms with van der Waals surface area (Å²) in [6, 6.07) is 4.99. The Morgan fingerprint density at radius 2 is 2.00 bits per heavy atom. The maximum absolute atomic E-state index is 12.8. The van der Waals surface area contributed by atoms with Crippen molar-refractivity contribution in [1.29, 1.82) is 0 Å². The van der Waals surface area contributed by atoms with E-state index >= 15 is 0 Å². The quantitative estimate of drug-likeness (QED) is 0.746. The molecule has 1 aromatic rings. The SMILES string of the molecule is CC[C@]1(NC(=O)c2ccc(OC)c(OC3CCCC3)c2)CCC(=O)NC1=O. The van der Waals surface area contributed by atoms with E-state index in [0.717, 1.165) is 25.7 Å². The summed E-state index contributed by atoms with van der Waals surface area (Å²) >= 11 is 0. The second-order valence-corrected chi connectivity index (χ2v) is 7.16. The van der Waals surface area contributed by atoms with Gasteiger partial charge in [0.25, 0.3) is 11.8 Å². The van der Waals surface area contributed by atoms with Gasteiger partial charge in [0.2, 0.25) is 5.91 Å². The Kier molecular flexibility index (Phi) is 5.68. The first-order valence-electron chi connectivity index (χ1n) is 9.49. The summed E-state index contributed by atoms with van der Waals surface area (Å²) in [7, 11) is 1.56. The number of carbonyl (C=O) groups is 3. The van der Waals surface area contributed by atoms with E-state index in [4.69, 9.17) is 9.47 Å². The molecule has 2 aliphatic rings. The third-order valence-electron chi connectivity index (χ3n) is 5.44. The number of benzene rings is 1. The maximum Gasteiger partial charge on any atom is 0.252 e. The Morgan fingerprint density at radius 3 is 2.63 bits per heavy atom. The lowest BCUT2D eigenvalue weighted by Crippen LogP contribution is -2.62. The predicted octanol–water partition coefficient (Wildman–Crippen LogP) is 2.33. The summed E-state index contributed by atoms with van der Waals surface area (Å²) in [6.07, 6.45) is 5.30. The summed E-state index contributed by atoms with van der Waals surface area (Å²) in [6.45, 7) is 1.82. The number of hydrogen-bond acceptors (Lipinski definition) is 5. The van der Waals surface area contributed by atoms with E-state index in [1.807, 2.05) is 6.92 Å². The molecule has 1 heterocycles. The van der Waals surface area contributed by atoms with Crippen LogP contribution < -0.4 is 20.1 Å². The zero-order valence-corrected chi connectivity index (χ0v) is 15.8. The van der Waals surface area contributed by atoms with Crippen molar-refractivity contribution in [1.82, 2.24) is 10.6 Å². The second kappa shape index (κ2) is 7.98. The van der Waals surface area contributed by atoms with Crippen LogP contribution >= 0.6 is 0 Å². The maximum atomic E-state index is 12.8. The molecule has 7 nitrogen and oxygen atoms in total. The molecule has 1 aliphatic heterocycles. The summed E-state index contributed by atoms with van der Waals surface area (Å²) in [5, 5.41) is 5.15. The summed E-state index contributed by atoms with van der Waals surface area (Å²) in [5.41, 5.74) is -0.682. The van der Waals surface area contributed by atoms with Gasteiger partial charge in [-0.15, -0.1) is 0 Å². The van der Waals surface area contributed by atoms with Gasteiger partial charge in [0.05, 0.1) is 13.2 Å². The molecule has 27 heavy (non-hydrogen) atoms. The first kappa shape index (κ1) is 19.2. The zero-order valence-electron chi connectivity index (χ0n) is 15.8. The fraction of sp³-hybridized carbons (Fsp3) is 0.550. The molecular weight excluding hydrogens is 348 g/mol. The molecule has 0 radical (unpaired) electrons. The van der Waals surface area contributed by atoms with Crippen LogP contribution in [0, 0.1) is 0 Å². The van der Waals surface area contributed by atoms with Gasteiger partial charge in [-0.2, -0.15) is 0 Å². The Balaban J connectivity index is 1.79. The smallest absolute Gasteiger partial charge is 0.252 e. The zero-order chi connectivity index (χ0) is 19.4. The Labute approximate surface area is 158 Å². The van der Waals surface area contributed by atoms with E-state index in [-0.39, 0.29) is 24.3 Å². The molecule has 0 aromatic heterocycles. The topological polar surface area (TPSA) is 93.7 Å². The molecular formula is C20H26N2O5. The minimum Gasteiger partial charge on any atom is -0.493 e. The molecule has 1 saturated heterocycles. The van der Waals surface area contributed by atoms with Gasteiger partial charge in [-0.3, -0.25) is 19.7 Å². The summed E-state index contributed by atoms with van der Waals surface area (Å²) in [5.74, 6) is -0.0311. The number of piperidine rings is 1. The third-order valence-corrected chi connectivity index (χ3v) is 5.44. The van der Waals surface area contributed by atoms with E-state index in [2.05, 4.69) is 10.6 Å². The Morgan fingerprint density at radius 1 is 1.26 bits per heavy atom. The number of amides is 3. The number of nitrogens with one attached hydrogen (secondary N) is 2. The molecule has 0 spiro atoms. The highest BCUT2D eigenvalue weighted by Gasteiger charge is 2.42. The van der Waals surface area contributed by atoms with Gasteiger partial charge >= 0.3 is 0 Å². The van der Waals surface area contributed by atoms with Crippen LogP contribution in [0.2, 0.25) is 0 Å². The highest BCUT2D eigenvalue weighted by atomic mass is 16.5. The van der Waals surface area contributed by atoms with Gasteiger partial charge in [0, 0.05) is 12.0 Å². The van der Waals surface area contributed by atoms with Crippen LogP contribution in [0.4, 0.5) is 0 Å². The largest absolute Gasteiger partial charge is 0.493 e. The van der Waals surface area contributed by atoms with Gasteiger partial charge in [0.1, 0.15) is 5.54 Å². The van der Waals surface area contributed by atoms with Crippen molar-refractivity contribution in [2.75, 3.05) is 7.11 Å². The van der Waals surface area contributed by atoms with Crippen LogP contribution in [0.15, 0.2) is 18.2 Å². The average Bonchev–Trinajstić information content (AvgIpc) is 3.17. The molecule has 0 bridgehead atoms. The van der Waals surface area contributed by atoms with Crippen LogP contribution in [0.5, 0.6) is 11.5 Å². The van der Waals surface area contributed by atoms with Crippen LogP contribution in [-0.4, -0.2) is 36.5 Å². The molecule has 3 amide bonds. The van der Waals surface area contributed by atoms with Crippen molar-refractivity contribution < 1.29 is 23.9 Å². The molecule has 7 heteroatoms. The van der Waals surface area contributed by atoms with Crippen molar-refractivity contribution >= 4 is 17.7 Å². The van der Waals surface area contributed by atoms with Gasteiger partial charge in [-0.1, -0.05) is 6.92 Å². The molecule has 0 unspecified atom stereocenters. The molecule has 146 valence electrons. The fourth-order valence-electron chi connectivity index (χ4n) is 3.68. The molecule has 3 rings (SSSR count). The highest BCUT2D eigenvalue weighted by Crippen LogP contribution is 2.33. The number of hydrogen-bond donors (Lipinski definition) is 2. The molecule has 2 fully saturated rings. The van der Waals surface area contributed by atoms with Crippen LogP contribution in [-0.2, 0) is 9.59 Å². The van der Waals surface area contributed by atoms with Crippen LogP contribution in [0.25, 0.3) is 0 Å². The lowest BCUT2D eigenvalue weighted by molar-refractivity contribution is -0.138. The highest BCUT2D eigenvalue weighted by molar-refractivity contribution is 6.06. The summed E-state index contributed by atoms with van der Waals surface area (Å²) in [4.78, 5) is 36.6. The molecule has 2 N–H and O–H groups in total. The number of imide groups is 1. The van der Waals surface area contributed by atoms with E-state index < -0.39 is 11.4 Å². The van der Waals surface area contributed by atoms with E-state index in [1.165, 1.54) is 0 Å². The number of carbonyl (C=O) groups excluding carboxylic acids is 3. The van der Waals surface area contributed by atoms with Crippen molar-refractivity contribution in [2.24, 2.45) is 0 Å². The first-order valence-corrected chi connectivity index (χ1v) is 9.49. The molecule has 1 aromatic carbocycles. The number of methoxy groups -OCH3 is 1. The molecule has 1 atom stereocenters.